The first-order valence-corrected chi connectivity index (χ1v) is 5.79. The number of aliphatic hydroxyl groups is 1. The predicted octanol–water partition coefficient (Wildman–Crippen LogP) is 2.48. The van der Waals surface area contributed by atoms with Gasteiger partial charge in [-0.2, -0.15) is 0 Å². The molecule has 17 heavy (non-hydrogen) atoms. The van der Waals surface area contributed by atoms with Gasteiger partial charge in [0.15, 0.2) is 0 Å². The van der Waals surface area contributed by atoms with Crippen LogP contribution in [0.25, 0.3) is 10.9 Å². The van der Waals surface area contributed by atoms with Crippen LogP contribution in [0.5, 0.6) is 0 Å². The van der Waals surface area contributed by atoms with Crippen LogP contribution < -0.4 is 0 Å². The van der Waals surface area contributed by atoms with Gasteiger partial charge in [-0.25, -0.2) is 0 Å². The van der Waals surface area contributed by atoms with Crippen molar-refractivity contribution in [2.24, 2.45) is 0 Å². The first-order valence-electron chi connectivity index (χ1n) is 5.79. The topological polar surface area (TPSA) is 42.4 Å². The second kappa shape index (κ2) is 4.82. The highest BCUT2D eigenvalue weighted by Crippen LogP contribution is 2.27. The molecule has 1 aromatic heterocycles. The second-order valence-electron chi connectivity index (χ2n) is 4.29. The molecule has 0 fully saturated rings. The van der Waals surface area contributed by atoms with Crippen molar-refractivity contribution in [2.75, 3.05) is 13.2 Å². The van der Waals surface area contributed by atoms with Gasteiger partial charge in [-0.15, -0.1) is 0 Å². The van der Waals surface area contributed by atoms with Crippen LogP contribution in [0.1, 0.15) is 19.4 Å². The predicted molar refractivity (Wildman–Crippen MR) is 67.8 cm³/mol. The minimum absolute atomic E-state index is 0.289. The minimum Gasteiger partial charge on any atom is -0.383 e. The van der Waals surface area contributed by atoms with E-state index in [-0.39, 0.29) is 6.61 Å². The molecule has 90 valence electrons. The molecule has 0 amide bonds. The Morgan fingerprint density at radius 3 is 2.82 bits per heavy atom. The average Bonchev–Trinajstić information content (AvgIpc) is 2.36. The second-order valence-corrected chi connectivity index (χ2v) is 4.29. The lowest BCUT2D eigenvalue weighted by atomic mass is 9.94. The highest BCUT2D eigenvalue weighted by atomic mass is 16.5. The van der Waals surface area contributed by atoms with Crippen molar-refractivity contribution in [2.45, 2.75) is 19.4 Å². The van der Waals surface area contributed by atoms with Crippen LogP contribution in [-0.2, 0) is 10.3 Å². The number of para-hydroxylation sites is 1. The van der Waals surface area contributed by atoms with E-state index >= 15 is 0 Å². The molecule has 0 aliphatic heterocycles. The van der Waals surface area contributed by atoms with Gasteiger partial charge in [-0.05, 0) is 31.5 Å². The molecule has 3 nitrogen and oxygen atoms in total. The zero-order valence-electron chi connectivity index (χ0n) is 10.2. The molecular weight excluding hydrogens is 214 g/mol. The fraction of sp³-hybridized carbons (Fsp3) is 0.357. The first kappa shape index (κ1) is 12.0. The number of ether oxygens (including phenoxy) is 1. The fourth-order valence-electron chi connectivity index (χ4n) is 1.94. The van der Waals surface area contributed by atoms with E-state index in [1.165, 1.54) is 0 Å². The quantitative estimate of drug-likeness (QED) is 0.879. The minimum atomic E-state index is -0.988. The van der Waals surface area contributed by atoms with Gasteiger partial charge in [0.05, 0.1) is 12.1 Å². The molecule has 3 heteroatoms. The van der Waals surface area contributed by atoms with Crippen molar-refractivity contribution in [3.8, 4) is 0 Å². The van der Waals surface area contributed by atoms with Gasteiger partial charge < -0.3 is 9.84 Å². The number of hydrogen-bond donors (Lipinski definition) is 1. The van der Waals surface area contributed by atoms with Crippen LogP contribution in [0.4, 0.5) is 0 Å². The number of aromatic nitrogens is 1. The largest absolute Gasteiger partial charge is 0.383 e. The van der Waals surface area contributed by atoms with E-state index in [1.807, 2.05) is 37.3 Å². The van der Waals surface area contributed by atoms with E-state index in [4.69, 9.17) is 4.74 Å². The highest BCUT2D eigenvalue weighted by Gasteiger charge is 2.25. The summed E-state index contributed by atoms with van der Waals surface area (Å²) in [6.07, 6.45) is 1.72. The Morgan fingerprint density at radius 2 is 2.06 bits per heavy atom. The molecule has 1 unspecified atom stereocenters. The molecule has 0 radical (unpaired) electrons. The van der Waals surface area contributed by atoms with Gasteiger partial charge in [0.25, 0.3) is 0 Å². The standard InChI is InChI=1S/C14H17NO2/c1-3-17-10-14(2,16)12-8-9-15-13-7-5-4-6-11(12)13/h4-9,16H,3,10H2,1-2H3. The van der Waals surface area contributed by atoms with Crippen LogP contribution in [0, 0.1) is 0 Å². The molecule has 1 atom stereocenters. The van der Waals surface area contributed by atoms with Gasteiger partial charge in [0.1, 0.15) is 5.60 Å². The van der Waals surface area contributed by atoms with Gasteiger partial charge in [-0.3, -0.25) is 4.98 Å². The maximum atomic E-state index is 10.5. The van der Waals surface area contributed by atoms with Gasteiger partial charge >= 0.3 is 0 Å². The number of rotatable bonds is 4. The summed E-state index contributed by atoms with van der Waals surface area (Å²) < 4.78 is 5.33. The SMILES string of the molecule is CCOCC(C)(O)c1ccnc2ccccc12. The third kappa shape index (κ3) is 2.46. The van der Waals surface area contributed by atoms with Crippen molar-refractivity contribution >= 4 is 10.9 Å². The molecule has 0 spiro atoms. The van der Waals surface area contributed by atoms with Crippen molar-refractivity contribution in [1.29, 1.82) is 0 Å². The Morgan fingerprint density at radius 1 is 1.29 bits per heavy atom. The Bertz CT molecular complexity index is 503. The Hall–Kier alpha value is -1.45. The number of fused-ring (bicyclic) bond motifs is 1. The summed E-state index contributed by atoms with van der Waals surface area (Å²) >= 11 is 0. The molecule has 0 saturated carbocycles. The van der Waals surface area contributed by atoms with Crippen LogP contribution in [0.2, 0.25) is 0 Å². The number of benzene rings is 1. The van der Waals surface area contributed by atoms with Crippen LogP contribution in [0.15, 0.2) is 36.5 Å². The Balaban J connectivity index is 2.47. The fourth-order valence-corrected chi connectivity index (χ4v) is 1.94. The summed E-state index contributed by atoms with van der Waals surface area (Å²) in [7, 11) is 0. The Kier molecular flexibility index (Phi) is 3.41. The molecule has 2 aromatic rings. The van der Waals surface area contributed by atoms with Crippen molar-refractivity contribution in [1.82, 2.24) is 4.98 Å². The molecule has 1 aromatic carbocycles. The summed E-state index contributed by atoms with van der Waals surface area (Å²) in [5, 5.41) is 11.4. The summed E-state index contributed by atoms with van der Waals surface area (Å²) in [6, 6.07) is 9.65. The first-order chi connectivity index (χ1) is 8.15. The molecule has 1 N–H and O–H groups in total. The van der Waals surface area contributed by atoms with Gasteiger partial charge in [0, 0.05) is 18.2 Å². The van der Waals surface area contributed by atoms with E-state index in [2.05, 4.69) is 4.98 Å². The van der Waals surface area contributed by atoms with E-state index in [1.54, 1.807) is 13.1 Å². The smallest absolute Gasteiger partial charge is 0.111 e. The van der Waals surface area contributed by atoms with Gasteiger partial charge in [-0.1, -0.05) is 18.2 Å². The lowest BCUT2D eigenvalue weighted by molar-refractivity contribution is -0.0333. The maximum Gasteiger partial charge on any atom is 0.111 e. The maximum absolute atomic E-state index is 10.5. The van der Waals surface area contributed by atoms with Crippen molar-refractivity contribution in [3.05, 3.63) is 42.1 Å². The van der Waals surface area contributed by atoms with E-state index in [0.29, 0.717) is 6.61 Å². The summed E-state index contributed by atoms with van der Waals surface area (Å²) in [6.45, 7) is 4.57. The number of nitrogens with zero attached hydrogens (tertiary/aromatic N) is 1. The van der Waals surface area contributed by atoms with Crippen LogP contribution >= 0.6 is 0 Å². The summed E-state index contributed by atoms with van der Waals surface area (Å²) in [4.78, 5) is 4.28. The lowest BCUT2D eigenvalue weighted by Gasteiger charge is -2.24. The van der Waals surface area contributed by atoms with Gasteiger partial charge in [0.2, 0.25) is 0 Å². The van der Waals surface area contributed by atoms with E-state index < -0.39 is 5.60 Å². The monoisotopic (exact) mass is 231 g/mol. The average molecular weight is 231 g/mol. The summed E-state index contributed by atoms with van der Waals surface area (Å²) in [5.41, 5.74) is 0.761. The highest BCUT2D eigenvalue weighted by molar-refractivity contribution is 5.82. The third-order valence-electron chi connectivity index (χ3n) is 2.82. The molecule has 2 rings (SSSR count). The molecule has 1 heterocycles. The third-order valence-corrected chi connectivity index (χ3v) is 2.82. The number of hydrogen-bond acceptors (Lipinski definition) is 3. The van der Waals surface area contributed by atoms with Crippen molar-refractivity contribution < 1.29 is 9.84 Å². The van der Waals surface area contributed by atoms with E-state index in [0.717, 1.165) is 16.5 Å². The summed E-state index contributed by atoms with van der Waals surface area (Å²) in [5.74, 6) is 0. The zero-order valence-corrected chi connectivity index (χ0v) is 10.2. The van der Waals surface area contributed by atoms with Crippen LogP contribution in [-0.4, -0.2) is 23.3 Å². The number of pyridine rings is 1. The Labute approximate surface area is 101 Å². The van der Waals surface area contributed by atoms with Crippen LogP contribution in [0.3, 0.4) is 0 Å². The molecule has 0 aliphatic carbocycles. The molecular formula is C14H17NO2. The molecule has 0 aliphatic rings. The van der Waals surface area contributed by atoms with E-state index in [9.17, 15) is 5.11 Å². The molecule has 0 saturated heterocycles. The normalized spacial score (nSPS) is 14.8. The van der Waals surface area contributed by atoms with Crippen molar-refractivity contribution in [3.63, 3.8) is 0 Å². The lowest BCUT2D eigenvalue weighted by Crippen LogP contribution is -2.28. The zero-order chi connectivity index (χ0) is 12.3. The molecule has 0 bridgehead atoms.